The molecule has 3 aromatic heterocycles. The Kier molecular flexibility index (Phi) is 5.50. The van der Waals surface area contributed by atoms with Crippen LogP contribution >= 0.6 is 11.3 Å². The van der Waals surface area contributed by atoms with Crippen molar-refractivity contribution in [3.63, 3.8) is 0 Å². The Bertz CT molecular complexity index is 2710. The van der Waals surface area contributed by atoms with E-state index >= 15 is 0 Å². The van der Waals surface area contributed by atoms with Crippen molar-refractivity contribution in [3.8, 4) is 39.5 Å². The van der Waals surface area contributed by atoms with Gasteiger partial charge in [0.15, 0.2) is 5.82 Å². The van der Waals surface area contributed by atoms with E-state index in [1.807, 2.05) is 6.07 Å². The summed E-state index contributed by atoms with van der Waals surface area (Å²) in [6, 6.07) is 50.2. The first-order chi connectivity index (χ1) is 23.1. The van der Waals surface area contributed by atoms with Gasteiger partial charge >= 0.3 is 0 Å². The summed E-state index contributed by atoms with van der Waals surface area (Å²) in [5.41, 5.74) is 12.0. The summed E-state index contributed by atoms with van der Waals surface area (Å²) in [6.07, 6.45) is 0. The van der Waals surface area contributed by atoms with Crippen molar-refractivity contribution in [2.45, 2.75) is 19.3 Å². The van der Waals surface area contributed by atoms with Gasteiger partial charge in [-0.3, -0.25) is 0 Å². The van der Waals surface area contributed by atoms with Gasteiger partial charge in [0.1, 0.15) is 4.83 Å². The zero-order valence-corrected chi connectivity index (χ0v) is 26.8. The summed E-state index contributed by atoms with van der Waals surface area (Å²) in [5.74, 6) is 0.744. The molecule has 1 aliphatic carbocycles. The molecule has 0 unspecified atom stereocenters. The quantitative estimate of drug-likeness (QED) is 0.197. The van der Waals surface area contributed by atoms with Gasteiger partial charge in [-0.1, -0.05) is 129 Å². The highest BCUT2D eigenvalue weighted by molar-refractivity contribution is 7.25. The van der Waals surface area contributed by atoms with Crippen LogP contribution in [0.3, 0.4) is 0 Å². The molecule has 0 saturated heterocycles. The highest BCUT2D eigenvalue weighted by Gasteiger charge is 2.37. The summed E-state index contributed by atoms with van der Waals surface area (Å²) in [6.45, 7) is 4.71. The van der Waals surface area contributed by atoms with Gasteiger partial charge in [0.25, 0.3) is 0 Å². The van der Waals surface area contributed by atoms with Crippen molar-refractivity contribution in [2.24, 2.45) is 0 Å². The SMILES string of the molecule is CC1(C)c2ccccc2-c2c1ccc1c2c2ccccc2n1-c1ccccc1-c1nc(-c2ccccc2)nc2sc3ccccc3c12. The normalized spacial score (nSPS) is 13.5. The van der Waals surface area contributed by atoms with E-state index in [9.17, 15) is 0 Å². The van der Waals surface area contributed by atoms with E-state index in [1.165, 1.54) is 54.1 Å². The second-order valence-electron chi connectivity index (χ2n) is 13.0. The molecular weight excluding hydrogens is 591 g/mol. The molecular formula is C43H29N3S. The molecule has 10 rings (SSSR count). The molecule has 3 heterocycles. The minimum absolute atomic E-state index is 0.0678. The molecule has 3 nitrogen and oxygen atoms in total. The van der Waals surface area contributed by atoms with E-state index in [-0.39, 0.29) is 5.41 Å². The maximum Gasteiger partial charge on any atom is 0.161 e. The zero-order valence-electron chi connectivity index (χ0n) is 26.0. The van der Waals surface area contributed by atoms with Gasteiger partial charge in [-0.2, -0.15) is 0 Å². The fourth-order valence-corrected chi connectivity index (χ4v) is 8.99. The van der Waals surface area contributed by atoms with Gasteiger partial charge in [0.05, 0.1) is 22.4 Å². The molecule has 222 valence electrons. The van der Waals surface area contributed by atoms with Gasteiger partial charge in [-0.05, 0) is 46.5 Å². The predicted molar refractivity (Wildman–Crippen MR) is 198 cm³/mol. The van der Waals surface area contributed by atoms with Crippen molar-refractivity contribution in [1.29, 1.82) is 0 Å². The Morgan fingerprint density at radius 1 is 0.553 bits per heavy atom. The van der Waals surface area contributed by atoms with Gasteiger partial charge in [-0.25, -0.2) is 9.97 Å². The minimum Gasteiger partial charge on any atom is -0.309 e. The maximum absolute atomic E-state index is 5.38. The third kappa shape index (κ3) is 3.67. The van der Waals surface area contributed by atoms with Gasteiger partial charge in [-0.15, -0.1) is 11.3 Å². The van der Waals surface area contributed by atoms with Gasteiger partial charge in [0.2, 0.25) is 0 Å². The second-order valence-corrected chi connectivity index (χ2v) is 14.0. The van der Waals surface area contributed by atoms with E-state index in [2.05, 4.69) is 152 Å². The topological polar surface area (TPSA) is 30.7 Å². The Morgan fingerprint density at radius 2 is 1.26 bits per heavy atom. The summed E-state index contributed by atoms with van der Waals surface area (Å²) >= 11 is 1.74. The number of hydrogen-bond acceptors (Lipinski definition) is 3. The average Bonchev–Trinajstić information content (AvgIpc) is 3.74. The number of fused-ring (bicyclic) bond motifs is 10. The predicted octanol–water partition coefficient (Wildman–Crippen LogP) is 11.6. The number of hydrogen-bond donors (Lipinski definition) is 0. The Balaban J connectivity index is 1.33. The van der Waals surface area contributed by atoms with Crippen LogP contribution in [0.25, 0.3) is 81.6 Å². The first-order valence-corrected chi connectivity index (χ1v) is 16.9. The number of nitrogens with zero attached hydrogens (tertiary/aromatic N) is 3. The molecule has 0 amide bonds. The van der Waals surface area contributed by atoms with Crippen molar-refractivity contribution >= 4 is 53.4 Å². The maximum atomic E-state index is 5.38. The van der Waals surface area contributed by atoms with Crippen molar-refractivity contribution in [1.82, 2.24) is 14.5 Å². The van der Waals surface area contributed by atoms with Crippen LogP contribution in [-0.4, -0.2) is 14.5 Å². The Labute approximate surface area is 276 Å². The van der Waals surface area contributed by atoms with Crippen LogP contribution in [-0.2, 0) is 5.41 Å². The van der Waals surface area contributed by atoms with Crippen molar-refractivity contribution in [2.75, 3.05) is 0 Å². The molecule has 0 spiro atoms. The van der Waals surface area contributed by atoms with Gasteiger partial charge in [0, 0.05) is 42.8 Å². The van der Waals surface area contributed by atoms with Crippen LogP contribution in [0.2, 0.25) is 0 Å². The van der Waals surface area contributed by atoms with E-state index in [4.69, 9.17) is 9.97 Å². The summed E-state index contributed by atoms with van der Waals surface area (Å²) < 4.78 is 3.67. The van der Waals surface area contributed by atoms with Gasteiger partial charge < -0.3 is 4.57 Å². The Hall–Kier alpha value is -5.58. The van der Waals surface area contributed by atoms with E-state index in [1.54, 1.807) is 11.3 Å². The zero-order chi connectivity index (χ0) is 31.3. The van der Waals surface area contributed by atoms with Crippen LogP contribution in [0.4, 0.5) is 0 Å². The number of aromatic nitrogens is 3. The lowest BCUT2D eigenvalue weighted by atomic mass is 9.82. The lowest BCUT2D eigenvalue weighted by molar-refractivity contribution is 0.661. The fraction of sp³-hybridized carbons (Fsp3) is 0.0698. The number of rotatable bonds is 3. The minimum atomic E-state index is -0.0678. The van der Waals surface area contributed by atoms with E-state index in [0.29, 0.717) is 0 Å². The van der Waals surface area contributed by atoms with E-state index in [0.717, 1.165) is 38.5 Å². The standard InChI is InChI=1S/C43H29N3S/c1-43(2)31-20-10-6-16-27(31)37-32(43)24-25-35-38(37)28-17-7-11-21-33(28)46(35)34-22-12-8-18-29(34)40-39-30-19-9-13-23-36(30)47-42(39)45-41(44-40)26-14-4-3-5-15-26/h3-25H,1-2H3. The lowest BCUT2D eigenvalue weighted by Crippen LogP contribution is -2.14. The fourth-order valence-electron chi connectivity index (χ4n) is 7.92. The third-order valence-electron chi connectivity index (χ3n) is 10.1. The molecule has 1 aliphatic rings. The third-order valence-corrected chi connectivity index (χ3v) is 11.1. The Morgan fingerprint density at radius 3 is 2.13 bits per heavy atom. The molecule has 47 heavy (non-hydrogen) atoms. The van der Waals surface area contributed by atoms with Crippen LogP contribution in [0.1, 0.15) is 25.0 Å². The number of para-hydroxylation sites is 2. The average molecular weight is 620 g/mol. The number of benzene rings is 6. The molecule has 9 aromatic rings. The number of thiophene rings is 1. The molecule has 0 fully saturated rings. The molecule has 0 radical (unpaired) electrons. The van der Waals surface area contributed by atoms with Crippen LogP contribution < -0.4 is 0 Å². The first kappa shape index (κ1) is 26.6. The monoisotopic (exact) mass is 619 g/mol. The largest absolute Gasteiger partial charge is 0.309 e. The summed E-state index contributed by atoms with van der Waals surface area (Å²) in [7, 11) is 0. The molecule has 0 aliphatic heterocycles. The molecule has 0 bridgehead atoms. The van der Waals surface area contributed by atoms with Crippen LogP contribution in [0.15, 0.2) is 140 Å². The van der Waals surface area contributed by atoms with Crippen LogP contribution in [0, 0.1) is 0 Å². The molecule has 6 aromatic carbocycles. The van der Waals surface area contributed by atoms with Crippen LogP contribution in [0.5, 0.6) is 0 Å². The second kappa shape index (κ2) is 9.71. The first-order valence-electron chi connectivity index (χ1n) is 16.1. The van der Waals surface area contributed by atoms with Crippen molar-refractivity contribution < 1.29 is 0 Å². The molecule has 0 atom stereocenters. The summed E-state index contributed by atoms with van der Waals surface area (Å²) in [4.78, 5) is 11.5. The smallest absolute Gasteiger partial charge is 0.161 e. The lowest BCUT2D eigenvalue weighted by Gasteiger charge is -2.21. The van der Waals surface area contributed by atoms with E-state index < -0.39 is 0 Å². The molecule has 4 heteroatoms. The molecule has 0 saturated carbocycles. The van der Waals surface area contributed by atoms with Crippen molar-refractivity contribution in [3.05, 3.63) is 151 Å². The highest BCUT2D eigenvalue weighted by Crippen LogP contribution is 2.53. The highest BCUT2D eigenvalue weighted by atomic mass is 32.1. The molecule has 0 N–H and O–H groups in total. The summed E-state index contributed by atoms with van der Waals surface area (Å²) in [5, 5.41) is 4.87.